The highest BCUT2D eigenvalue weighted by atomic mass is 35.5. The van der Waals surface area contributed by atoms with E-state index in [2.05, 4.69) is 15.5 Å². The van der Waals surface area contributed by atoms with Gasteiger partial charge in [0.1, 0.15) is 5.82 Å². The van der Waals surface area contributed by atoms with Crippen LogP contribution in [0.15, 0.2) is 48.5 Å². The molecule has 0 unspecified atom stereocenters. The van der Waals surface area contributed by atoms with E-state index in [1.165, 1.54) is 24.3 Å². The van der Waals surface area contributed by atoms with Gasteiger partial charge < -0.3 is 10.6 Å². The highest BCUT2D eigenvalue weighted by Gasteiger charge is 2.26. The number of benzene rings is 2. The van der Waals surface area contributed by atoms with Gasteiger partial charge in [-0.1, -0.05) is 17.7 Å². The molecule has 1 heterocycles. The van der Waals surface area contributed by atoms with E-state index in [-0.39, 0.29) is 30.2 Å². The molecular formula is C21H24ClFN4O2. The van der Waals surface area contributed by atoms with Crippen molar-refractivity contribution in [3.05, 3.63) is 59.4 Å². The molecule has 6 nitrogen and oxygen atoms in total. The van der Waals surface area contributed by atoms with Crippen LogP contribution in [0.5, 0.6) is 0 Å². The number of nitrogens with one attached hydrogen (secondary N) is 2. The Bertz CT molecular complexity index is 854. The highest BCUT2D eigenvalue weighted by molar-refractivity contribution is 6.30. The Morgan fingerprint density at radius 3 is 2.38 bits per heavy atom. The normalized spacial score (nSPS) is 16.2. The number of nitrogens with zero attached hydrogens (tertiary/aromatic N) is 2. The van der Waals surface area contributed by atoms with Crippen molar-refractivity contribution in [1.29, 1.82) is 0 Å². The summed E-state index contributed by atoms with van der Waals surface area (Å²) in [6.07, 6.45) is 0. The van der Waals surface area contributed by atoms with E-state index in [9.17, 15) is 14.0 Å². The van der Waals surface area contributed by atoms with E-state index < -0.39 is 0 Å². The monoisotopic (exact) mass is 418 g/mol. The maximum atomic E-state index is 12.9. The molecule has 29 heavy (non-hydrogen) atoms. The third-order valence-corrected chi connectivity index (χ3v) is 5.16. The van der Waals surface area contributed by atoms with Crippen molar-refractivity contribution in [2.75, 3.05) is 43.4 Å². The van der Waals surface area contributed by atoms with Crippen molar-refractivity contribution in [2.45, 2.75) is 13.0 Å². The van der Waals surface area contributed by atoms with Gasteiger partial charge in [0.15, 0.2) is 0 Å². The molecular weight excluding hydrogens is 395 g/mol. The molecule has 1 aliphatic rings. The SMILES string of the molecule is C[C@H](C(=O)Nc1cccc(Cl)c1)N1CCN(CC(=O)Nc2ccc(F)cc2)CC1. The third-order valence-electron chi connectivity index (χ3n) is 4.92. The molecule has 0 saturated carbocycles. The second-order valence-electron chi connectivity index (χ2n) is 7.04. The third kappa shape index (κ3) is 6.25. The van der Waals surface area contributed by atoms with Gasteiger partial charge in [-0.25, -0.2) is 4.39 Å². The Morgan fingerprint density at radius 2 is 1.72 bits per heavy atom. The first-order valence-corrected chi connectivity index (χ1v) is 9.87. The number of amides is 2. The zero-order valence-corrected chi connectivity index (χ0v) is 17.0. The minimum absolute atomic E-state index is 0.0882. The molecule has 0 radical (unpaired) electrons. The highest BCUT2D eigenvalue weighted by Crippen LogP contribution is 2.16. The van der Waals surface area contributed by atoms with Gasteiger partial charge in [0.2, 0.25) is 11.8 Å². The fourth-order valence-electron chi connectivity index (χ4n) is 3.22. The molecule has 8 heteroatoms. The minimum atomic E-state index is -0.340. The Morgan fingerprint density at radius 1 is 1.03 bits per heavy atom. The topological polar surface area (TPSA) is 64.7 Å². The van der Waals surface area contributed by atoms with Crippen LogP contribution in [0.2, 0.25) is 5.02 Å². The van der Waals surface area contributed by atoms with E-state index in [0.29, 0.717) is 42.6 Å². The van der Waals surface area contributed by atoms with Crippen LogP contribution >= 0.6 is 11.6 Å². The van der Waals surface area contributed by atoms with Gasteiger partial charge >= 0.3 is 0 Å². The summed E-state index contributed by atoms with van der Waals surface area (Å²) >= 11 is 5.96. The molecule has 0 bridgehead atoms. The summed E-state index contributed by atoms with van der Waals surface area (Å²) in [5.41, 5.74) is 1.24. The average molecular weight is 419 g/mol. The predicted octanol–water partition coefficient (Wildman–Crippen LogP) is 3.06. The Kier molecular flexibility index (Phi) is 7.19. The van der Waals surface area contributed by atoms with Crippen LogP contribution in [-0.4, -0.2) is 60.4 Å². The first kappa shape index (κ1) is 21.2. The number of carbonyl (C=O) groups is 2. The minimum Gasteiger partial charge on any atom is -0.325 e. The maximum Gasteiger partial charge on any atom is 0.241 e. The fraction of sp³-hybridized carbons (Fsp3) is 0.333. The van der Waals surface area contributed by atoms with Gasteiger partial charge in [-0.2, -0.15) is 0 Å². The molecule has 2 aromatic carbocycles. The van der Waals surface area contributed by atoms with Gasteiger partial charge in [0.05, 0.1) is 12.6 Å². The fourth-order valence-corrected chi connectivity index (χ4v) is 3.41. The zero-order valence-electron chi connectivity index (χ0n) is 16.2. The summed E-state index contributed by atoms with van der Waals surface area (Å²) in [6.45, 7) is 4.88. The average Bonchev–Trinajstić information content (AvgIpc) is 2.70. The molecule has 0 spiro atoms. The van der Waals surface area contributed by atoms with E-state index in [4.69, 9.17) is 11.6 Å². The number of anilines is 2. The van der Waals surface area contributed by atoms with E-state index in [1.54, 1.807) is 24.3 Å². The summed E-state index contributed by atoms with van der Waals surface area (Å²) in [5.74, 6) is -0.570. The molecule has 2 aromatic rings. The molecule has 2 N–H and O–H groups in total. The van der Waals surface area contributed by atoms with Crippen LogP contribution in [-0.2, 0) is 9.59 Å². The van der Waals surface area contributed by atoms with Crippen molar-refractivity contribution in [3.8, 4) is 0 Å². The quantitative estimate of drug-likeness (QED) is 0.756. The van der Waals surface area contributed by atoms with Crippen LogP contribution < -0.4 is 10.6 Å². The molecule has 0 aliphatic carbocycles. The molecule has 1 aliphatic heterocycles. The standard InChI is InChI=1S/C21H24ClFN4O2/c1-15(21(29)25-19-4-2-3-16(22)13-19)27-11-9-26(10-12-27)14-20(28)24-18-7-5-17(23)6-8-18/h2-8,13,15H,9-12,14H2,1H3,(H,24,28)(H,25,29)/t15-/m1/s1. The van der Waals surface area contributed by atoms with Crippen molar-refractivity contribution < 1.29 is 14.0 Å². The van der Waals surface area contributed by atoms with E-state index in [0.717, 1.165) is 0 Å². The lowest BCUT2D eigenvalue weighted by Gasteiger charge is -2.37. The summed E-state index contributed by atoms with van der Waals surface area (Å²) in [7, 11) is 0. The van der Waals surface area contributed by atoms with Gasteiger partial charge in [-0.05, 0) is 49.4 Å². The van der Waals surface area contributed by atoms with Gasteiger partial charge in [0, 0.05) is 42.6 Å². The molecule has 1 atom stereocenters. The number of hydrogen-bond donors (Lipinski definition) is 2. The molecule has 1 fully saturated rings. The van der Waals surface area contributed by atoms with Crippen molar-refractivity contribution in [3.63, 3.8) is 0 Å². The van der Waals surface area contributed by atoms with Crippen molar-refractivity contribution in [2.24, 2.45) is 0 Å². The molecule has 3 rings (SSSR count). The Hall–Kier alpha value is -2.48. The second-order valence-corrected chi connectivity index (χ2v) is 7.48. The van der Waals surface area contributed by atoms with Crippen LogP contribution in [0.4, 0.5) is 15.8 Å². The number of rotatable bonds is 6. The van der Waals surface area contributed by atoms with Crippen LogP contribution in [0.3, 0.4) is 0 Å². The maximum absolute atomic E-state index is 12.9. The van der Waals surface area contributed by atoms with Crippen LogP contribution in [0.25, 0.3) is 0 Å². The van der Waals surface area contributed by atoms with Gasteiger partial charge in [-0.3, -0.25) is 19.4 Å². The van der Waals surface area contributed by atoms with Gasteiger partial charge in [-0.15, -0.1) is 0 Å². The number of carbonyl (C=O) groups excluding carboxylic acids is 2. The number of halogens is 2. The summed E-state index contributed by atoms with van der Waals surface area (Å²) in [6, 6.07) is 12.5. The number of hydrogen-bond acceptors (Lipinski definition) is 4. The van der Waals surface area contributed by atoms with E-state index in [1.807, 2.05) is 11.8 Å². The molecule has 0 aromatic heterocycles. The van der Waals surface area contributed by atoms with Crippen molar-refractivity contribution in [1.82, 2.24) is 9.80 Å². The number of piperazine rings is 1. The lowest BCUT2D eigenvalue weighted by molar-refractivity contribution is -0.122. The smallest absolute Gasteiger partial charge is 0.241 e. The molecule has 154 valence electrons. The van der Waals surface area contributed by atoms with E-state index >= 15 is 0 Å². The second kappa shape index (κ2) is 9.82. The summed E-state index contributed by atoms with van der Waals surface area (Å²) < 4.78 is 12.9. The summed E-state index contributed by atoms with van der Waals surface area (Å²) in [5, 5.41) is 6.22. The van der Waals surface area contributed by atoms with Crippen molar-refractivity contribution >= 4 is 34.8 Å². The largest absolute Gasteiger partial charge is 0.325 e. The lowest BCUT2D eigenvalue weighted by Crippen LogP contribution is -2.53. The lowest BCUT2D eigenvalue weighted by atomic mass is 10.2. The van der Waals surface area contributed by atoms with Crippen LogP contribution in [0.1, 0.15) is 6.92 Å². The van der Waals surface area contributed by atoms with Gasteiger partial charge in [0.25, 0.3) is 0 Å². The van der Waals surface area contributed by atoms with Crippen LogP contribution in [0, 0.1) is 5.82 Å². The molecule has 1 saturated heterocycles. The first-order chi connectivity index (χ1) is 13.9. The summed E-state index contributed by atoms with van der Waals surface area (Å²) in [4.78, 5) is 28.8. The zero-order chi connectivity index (χ0) is 20.8. The Labute approximate surface area is 174 Å². The Balaban J connectivity index is 1.43. The first-order valence-electron chi connectivity index (χ1n) is 9.49. The molecule has 2 amide bonds. The predicted molar refractivity (Wildman–Crippen MR) is 113 cm³/mol.